The molecule has 0 rings (SSSR count). The molecule has 0 aromatic heterocycles. The maximum atomic E-state index is 10.2. The highest BCUT2D eigenvalue weighted by molar-refractivity contribution is 5.67. The lowest BCUT2D eigenvalue weighted by atomic mass is 10.1. The first-order valence-electron chi connectivity index (χ1n) is 6.45. The van der Waals surface area contributed by atoms with E-state index in [1.165, 1.54) is 32.1 Å². The van der Waals surface area contributed by atoms with Gasteiger partial charge in [0.15, 0.2) is 0 Å². The number of hydrogen-bond acceptors (Lipinski definition) is 1. The van der Waals surface area contributed by atoms with Gasteiger partial charge in [0.05, 0.1) is 6.42 Å². The SMILES string of the molecule is CCCCCCCCC#CC#CCCC(=O)O. The Bertz CT molecular complexity index is 309. The molecule has 0 amide bonds. The van der Waals surface area contributed by atoms with Gasteiger partial charge >= 0.3 is 5.97 Å². The Kier molecular flexibility index (Phi) is 11.6. The van der Waals surface area contributed by atoms with Crippen LogP contribution in [0.25, 0.3) is 0 Å². The molecule has 0 fully saturated rings. The van der Waals surface area contributed by atoms with E-state index in [1.54, 1.807) is 0 Å². The number of carboxylic acid groups (broad SMARTS) is 1. The molecule has 0 saturated carbocycles. The van der Waals surface area contributed by atoms with Crippen molar-refractivity contribution in [3.8, 4) is 23.7 Å². The number of carbonyl (C=O) groups is 1. The molecule has 1 N–H and O–H groups in total. The minimum absolute atomic E-state index is 0.103. The standard InChI is InChI=1S/C15H22O2/c1-2-3-4-5-6-7-8-9-10-11-12-13-14-15(16)17/h2-8,13-14H2,1H3,(H,16,17). The van der Waals surface area contributed by atoms with Crippen molar-refractivity contribution in [1.29, 1.82) is 0 Å². The van der Waals surface area contributed by atoms with Gasteiger partial charge < -0.3 is 5.11 Å². The molecule has 0 atom stereocenters. The van der Waals surface area contributed by atoms with Gasteiger partial charge in [-0.1, -0.05) is 50.9 Å². The van der Waals surface area contributed by atoms with Crippen LogP contribution in [0.3, 0.4) is 0 Å². The lowest BCUT2D eigenvalue weighted by molar-refractivity contribution is -0.136. The van der Waals surface area contributed by atoms with Gasteiger partial charge in [-0.2, -0.15) is 0 Å². The van der Waals surface area contributed by atoms with Crippen LogP contribution in [-0.4, -0.2) is 11.1 Å². The van der Waals surface area contributed by atoms with Crippen molar-refractivity contribution >= 4 is 5.97 Å². The Morgan fingerprint density at radius 3 is 2.18 bits per heavy atom. The lowest BCUT2D eigenvalue weighted by Gasteiger charge is -1.96. The normalized spacial score (nSPS) is 8.76. The largest absolute Gasteiger partial charge is 0.481 e. The zero-order chi connectivity index (χ0) is 12.8. The highest BCUT2D eigenvalue weighted by Crippen LogP contribution is 2.05. The zero-order valence-corrected chi connectivity index (χ0v) is 10.7. The quantitative estimate of drug-likeness (QED) is 0.514. The number of rotatable bonds is 8. The van der Waals surface area contributed by atoms with Crippen molar-refractivity contribution < 1.29 is 9.90 Å². The maximum absolute atomic E-state index is 10.2. The number of hydrogen-bond donors (Lipinski definition) is 1. The molecule has 2 heteroatoms. The van der Waals surface area contributed by atoms with E-state index < -0.39 is 5.97 Å². The minimum atomic E-state index is -0.806. The van der Waals surface area contributed by atoms with Gasteiger partial charge in [0.1, 0.15) is 0 Å². The number of unbranched alkanes of at least 4 members (excludes halogenated alkanes) is 6. The lowest BCUT2D eigenvalue weighted by Crippen LogP contribution is -1.91. The van der Waals surface area contributed by atoms with Crippen molar-refractivity contribution in [1.82, 2.24) is 0 Å². The van der Waals surface area contributed by atoms with Crippen LogP contribution in [0.4, 0.5) is 0 Å². The molecule has 0 aliphatic rings. The first-order valence-corrected chi connectivity index (χ1v) is 6.45. The Labute approximate surface area is 105 Å². The van der Waals surface area contributed by atoms with Crippen LogP contribution in [0.15, 0.2) is 0 Å². The second kappa shape index (κ2) is 12.7. The fraction of sp³-hybridized carbons (Fsp3) is 0.667. The maximum Gasteiger partial charge on any atom is 0.304 e. The third-order valence-corrected chi connectivity index (χ3v) is 2.36. The second-order valence-corrected chi connectivity index (χ2v) is 4.02. The van der Waals surface area contributed by atoms with Gasteiger partial charge in [0.25, 0.3) is 0 Å². The molecule has 17 heavy (non-hydrogen) atoms. The predicted molar refractivity (Wildman–Crippen MR) is 70.4 cm³/mol. The molecule has 0 spiro atoms. The summed E-state index contributed by atoms with van der Waals surface area (Å²) in [5.74, 6) is 10.4. The van der Waals surface area contributed by atoms with Gasteiger partial charge in [-0.3, -0.25) is 4.79 Å². The first-order chi connectivity index (χ1) is 8.27. The summed E-state index contributed by atoms with van der Waals surface area (Å²) in [4.78, 5) is 10.2. The smallest absolute Gasteiger partial charge is 0.304 e. The zero-order valence-electron chi connectivity index (χ0n) is 10.7. The molecular weight excluding hydrogens is 212 g/mol. The molecule has 0 aliphatic carbocycles. The molecular formula is C15H22O2. The fourth-order valence-electron chi connectivity index (χ4n) is 1.38. The van der Waals surface area contributed by atoms with E-state index in [4.69, 9.17) is 5.11 Å². The monoisotopic (exact) mass is 234 g/mol. The molecule has 0 aromatic rings. The average Bonchev–Trinajstić information content (AvgIpc) is 2.30. The summed E-state index contributed by atoms with van der Waals surface area (Å²) in [6, 6.07) is 0. The summed E-state index contributed by atoms with van der Waals surface area (Å²) >= 11 is 0. The van der Waals surface area contributed by atoms with Crippen LogP contribution < -0.4 is 0 Å². The van der Waals surface area contributed by atoms with Gasteiger partial charge in [-0.15, -0.1) is 0 Å². The van der Waals surface area contributed by atoms with Crippen molar-refractivity contribution in [3.05, 3.63) is 0 Å². The van der Waals surface area contributed by atoms with Crippen molar-refractivity contribution in [2.24, 2.45) is 0 Å². The van der Waals surface area contributed by atoms with Crippen LogP contribution in [0, 0.1) is 23.7 Å². The molecule has 0 unspecified atom stereocenters. The third-order valence-electron chi connectivity index (χ3n) is 2.36. The Morgan fingerprint density at radius 2 is 1.53 bits per heavy atom. The predicted octanol–water partition coefficient (Wildman–Crippen LogP) is 3.61. The van der Waals surface area contributed by atoms with Crippen LogP contribution in [0.2, 0.25) is 0 Å². The van der Waals surface area contributed by atoms with Crippen LogP contribution in [0.5, 0.6) is 0 Å². The van der Waals surface area contributed by atoms with E-state index in [9.17, 15) is 4.79 Å². The van der Waals surface area contributed by atoms with Gasteiger partial charge in [0, 0.05) is 12.8 Å². The Hall–Kier alpha value is -1.41. The average molecular weight is 234 g/mol. The van der Waals surface area contributed by atoms with E-state index in [2.05, 4.69) is 30.6 Å². The van der Waals surface area contributed by atoms with Crippen molar-refractivity contribution in [3.63, 3.8) is 0 Å². The minimum Gasteiger partial charge on any atom is -0.481 e. The van der Waals surface area contributed by atoms with Gasteiger partial charge in [0.2, 0.25) is 0 Å². The van der Waals surface area contributed by atoms with Gasteiger partial charge in [-0.25, -0.2) is 0 Å². The van der Waals surface area contributed by atoms with Crippen molar-refractivity contribution in [2.45, 2.75) is 64.7 Å². The molecule has 94 valence electrons. The number of aliphatic carboxylic acids is 1. The van der Waals surface area contributed by atoms with E-state index in [0.717, 1.165) is 12.8 Å². The summed E-state index contributed by atoms with van der Waals surface area (Å²) in [5, 5.41) is 8.37. The molecule has 0 saturated heterocycles. The van der Waals surface area contributed by atoms with Crippen LogP contribution >= 0.6 is 0 Å². The third kappa shape index (κ3) is 14.6. The summed E-state index contributed by atoms with van der Waals surface area (Å²) < 4.78 is 0. The summed E-state index contributed by atoms with van der Waals surface area (Å²) in [5.41, 5.74) is 0. The van der Waals surface area contributed by atoms with E-state index in [1.807, 2.05) is 0 Å². The molecule has 0 radical (unpaired) electrons. The van der Waals surface area contributed by atoms with Crippen molar-refractivity contribution in [2.75, 3.05) is 0 Å². The highest BCUT2D eigenvalue weighted by atomic mass is 16.4. The van der Waals surface area contributed by atoms with E-state index in [-0.39, 0.29) is 6.42 Å². The second-order valence-electron chi connectivity index (χ2n) is 4.02. The van der Waals surface area contributed by atoms with Crippen LogP contribution in [-0.2, 0) is 4.79 Å². The molecule has 0 aromatic carbocycles. The topological polar surface area (TPSA) is 37.3 Å². The Morgan fingerprint density at radius 1 is 0.941 bits per heavy atom. The summed E-state index contributed by atoms with van der Waals surface area (Å²) in [6.07, 6.45) is 9.05. The van der Waals surface area contributed by atoms with E-state index >= 15 is 0 Å². The summed E-state index contributed by atoms with van der Waals surface area (Å²) in [6.45, 7) is 2.22. The van der Waals surface area contributed by atoms with E-state index in [0.29, 0.717) is 6.42 Å². The molecule has 0 aliphatic heterocycles. The molecule has 0 heterocycles. The van der Waals surface area contributed by atoms with Crippen LogP contribution in [0.1, 0.15) is 64.7 Å². The first kappa shape index (κ1) is 15.6. The highest BCUT2D eigenvalue weighted by Gasteiger charge is 1.90. The Balaban J connectivity index is 3.33. The summed E-state index contributed by atoms with van der Waals surface area (Å²) in [7, 11) is 0. The number of carboxylic acids is 1. The molecule has 0 bridgehead atoms. The molecule has 2 nitrogen and oxygen atoms in total. The van der Waals surface area contributed by atoms with Gasteiger partial charge in [-0.05, 0) is 18.3 Å². The fourth-order valence-corrected chi connectivity index (χ4v) is 1.38.